The van der Waals surface area contributed by atoms with Crippen LogP contribution in [0, 0.1) is 0 Å². The molecule has 6 heteroatoms. The highest BCUT2D eigenvalue weighted by molar-refractivity contribution is 6.07. The van der Waals surface area contributed by atoms with Gasteiger partial charge in [-0.05, 0) is 35.2 Å². The molecule has 0 unspecified atom stereocenters. The lowest BCUT2D eigenvalue weighted by atomic mass is 9.87. The molecule has 2 aromatic carbocycles. The van der Waals surface area contributed by atoms with Crippen LogP contribution in [0.15, 0.2) is 48.5 Å². The Morgan fingerprint density at radius 3 is 2.11 bits per heavy atom. The van der Waals surface area contributed by atoms with E-state index in [4.69, 9.17) is 4.74 Å². The van der Waals surface area contributed by atoms with Crippen molar-refractivity contribution in [2.75, 3.05) is 37.4 Å². The SMILES string of the molecule is COCCNCC(=O)Nc1ccccc1NC(=O)c1ccc(C(C)(C)C)cc1. The van der Waals surface area contributed by atoms with Crippen LogP contribution in [-0.4, -0.2) is 38.6 Å². The number of methoxy groups -OCH3 is 1. The van der Waals surface area contributed by atoms with Gasteiger partial charge in [0, 0.05) is 19.2 Å². The van der Waals surface area contributed by atoms with Crippen LogP contribution in [0.4, 0.5) is 11.4 Å². The van der Waals surface area contributed by atoms with Crippen molar-refractivity contribution in [2.45, 2.75) is 26.2 Å². The summed E-state index contributed by atoms with van der Waals surface area (Å²) in [4.78, 5) is 24.7. The van der Waals surface area contributed by atoms with Crippen molar-refractivity contribution in [1.82, 2.24) is 5.32 Å². The summed E-state index contributed by atoms with van der Waals surface area (Å²) in [7, 11) is 1.61. The first kappa shape index (κ1) is 21.6. The Balaban J connectivity index is 2.02. The Bertz CT molecular complexity index is 795. The Kier molecular flexibility index (Phi) is 7.72. The quantitative estimate of drug-likeness (QED) is 0.611. The van der Waals surface area contributed by atoms with Gasteiger partial charge in [0.05, 0.1) is 24.5 Å². The van der Waals surface area contributed by atoms with E-state index < -0.39 is 0 Å². The van der Waals surface area contributed by atoms with Crippen molar-refractivity contribution in [3.05, 3.63) is 59.7 Å². The molecule has 3 N–H and O–H groups in total. The Morgan fingerprint density at radius 1 is 0.929 bits per heavy atom. The largest absolute Gasteiger partial charge is 0.383 e. The van der Waals surface area contributed by atoms with Gasteiger partial charge in [0.1, 0.15) is 0 Å². The van der Waals surface area contributed by atoms with Crippen LogP contribution in [0.5, 0.6) is 0 Å². The van der Waals surface area contributed by atoms with E-state index in [9.17, 15) is 9.59 Å². The van der Waals surface area contributed by atoms with Gasteiger partial charge in [0.2, 0.25) is 5.91 Å². The first-order valence-corrected chi connectivity index (χ1v) is 9.31. The zero-order chi connectivity index (χ0) is 20.6. The third-order valence-electron chi connectivity index (χ3n) is 4.23. The van der Waals surface area contributed by atoms with E-state index in [0.29, 0.717) is 30.1 Å². The maximum absolute atomic E-state index is 12.6. The monoisotopic (exact) mass is 383 g/mol. The summed E-state index contributed by atoms with van der Waals surface area (Å²) >= 11 is 0. The Labute approximate surface area is 166 Å². The zero-order valence-electron chi connectivity index (χ0n) is 17.0. The normalized spacial score (nSPS) is 11.1. The van der Waals surface area contributed by atoms with Gasteiger partial charge in [-0.2, -0.15) is 0 Å². The van der Waals surface area contributed by atoms with E-state index in [1.165, 1.54) is 0 Å². The van der Waals surface area contributed by atoms with Crippen LogP contribution in [0.2, 0.25) is 0 Å². The van der Waals surface area contributed by atoms with Crippen molar-refractivity contribution in [3.8, 4) is 0 Å². The predicted octanol–water partition coefficient (Wildman–Crippen LogP) is 3.41. The minimum Gasteiger partial charge on any atom is -0.383 e. The summed E-state index contributed by atoms with van der Waals surface area (Å²) in [6.07, 6.45) is 0. The van der Waals surface area contributed by atoms with Gasteiger partial charge in [-0.1, -0.05) is 45.0 Å². The lowest BCUT2D eigenvalue weighted by Crippen LogP contribution is -2.30. The summed E-state index contributed by atoms with van der Waals surface area (Å²) in [5.41, 5.74) is 2.87. The Hall–Kier alpha value is -2.70. The second-order valence-corrected chi connectivity index (χ2v) is 7.54. The number of carbonyl (C=O) groups is 2. The number of ether oxygens (including phenoxy) is 1. The third-order valence-corrected chi connectivity index (χ3v) is 4.23. The predicted molar refractivity (Wildman–Crippen MR) is 113 cm³/mol. The van der Waals surface area contributed by atoms with Crippen LogP contribution in [0.1, 0.15) is 36.7 Å². The highest BCUT2D eigenvalue weighted by Gasteiger charge is 2.15. The summed E-state index contributed by atoms with van der Waals surface area (Å²) in [6, 6.07) is 14.7. The lowest BCUT2D eigenvalue weighted by Gasteiger charge is -2.19. The van der Waals surface area contributed by atoms with E-state index in [1.54, 1.807) is 19.2 Å². The molecule has 0 spiro atoms. The van der Waals surface area contributed by atoms with Crippen LogP contribution in [-0.2, 0) is 14.9 Å². The van der Waals surface area contributed by atoms with Crippen molar-refractivity contribution in [3.63, 3.8) is 0 Å². The van der Waals surface area contributed by atoms with E-state index in [1.807, 2.05) is 36.4 Å². The molecule has 150 valence electrons. The molecule has 2 rings (SSSR count). The second kappa shape index (κ2) is 10.0. The molecule has 0 bridgehead atoms. The first-order chi connectivity index (χ1) is 13.3. The fourth-order valence-electron chi connectivity index (χ4n) is 2.59. The molecule has 2 aromatic rings. The molecule has 0 radical (unpaired) electrons. The molecule has 0 heterocycles. The molecule has 0 saturated carbocycles. The average Bonchev–Trinajstić information content (AvgIpc) is 2.66. The number of amides is 2. The minimum absolute atomic E-state index is 0.0309. The molecule has 0 atom stereocenters. The standard InChI is InChI=1S/C22H29N3O3/c1-22(2,3)17-11-9-16(10-12-17)21(27)25-19-8-6-5-7-18(19)24-20(26)15-23-13-14-28-4/h5-12,23H,13-15H2,1-4H3,(H,24,26)(H,25,27). The van der Waals surface area contributed by atoms with Gasteiger partial charge in [0.15, 0.2) is 0 Å². The van der Waals surface area contributed by atoms with Gasteiger partial charge in [-0.15, -0.1) is 0 Å². The molecule has 0 saturated heterocycles. The maximum Gasteiger partial charge on any atom is 0.255 e. The van der Waals surface area contributed by atoms with Crippen LogP contribution in [0.3, 0.4) is 0 Å². The number of rotatable bonds is 8. The number of benzene rings is 2. The van der Waals surface area contributed by atoms with Crippen molar-refractivity contribution < 1.29 is 14.3 Å². The van der Waals surface area contributed by atoms with Gasteiger partial charge in [-0.3, -0.25) is 9.59 Å². The van der Waals surface area contributed by atoms with Crippen molar-refractivity contribution in [1.29, 1.82) is 0 Å². The first-order valence-electron chi connectivity index (χ1n) is 9.31. The fraction of sp³-hybridized carbons (Fsp3) is 0.364. The molecule has 0 fully saturated rings. The maximum atomic E-state index is 12.6. The van der Waals surface area contributed by atoms with Gasteiger partial charge < -0.3 is 20.7 Å². The van der Waals surface area contributed by atoms with Gasteiger partial charge in [0.25, 0.3) is 5.91 Å². The molecule has 0 aliphatic rings. The van der Waals surface area contributed by atoms with Crippen LogP contribution in [0.25, 0.3) is 0 Å². The van der Waals surface area contributed by atoms with E-state index in [2.05, 4.69) is 36.7 Å². The lowest BCUT2D eigenvalue weighted by molar-refractivity contribution is -0.115. The third kappa shape index (κ3) is 6.48. The van der Waals surface area contributed by atoms with E-state index in [-0.39, 0.29) is 23.8 Å². The second-order valence-electron chi connectivity index (χ2n) is 7.54. The summed E-state index contributed by atoms with van der Waals surface area (Å²) in [5, 5.41) is 8.67. The number of anilines is 2. The topological polar surface area (TPSA) is 79.5 Å². The number of carbonyl (C=O) groups excluding carboxylic acids is 2. The van der Waals surface area contributed by atoms with Gasteiger partial charge in [-0.25, -0.2) is 0 Å². The number of nitrogens with one attached hydrogen (secondary N) is 3. The molecular formula is C22H29N3O3. The smallest absolute Gasteiger partial charge is 0.255 e. The molecule has 0 aliphatic heterocycles. The van der Waals surface area contributed by atoms with Gasteiger partial charge >= 0.3 is 0 Å². The summed E-state index contributed by atoms with van der Waals surface area (Å²) in [6.45, 7) is 7.68. The molecule has 28 heavy (non-hydrogen) atoms. The number of hydrogen-bond acceptors (Lipinski definition) is 4. The van der Waals surface area contributed by atoms with Crippen molar-refractivity contribution in [2.24, 2.45) is 0 Å². The van der Waals surface area contributed by atoms with E-state index >= 15 is 0 Å². The molecule has 0 aliphatic carbocycles. The van der Waals surface area contributed by atoms with Crippen LogP contribution < -0.4 is 16.0 Å². The molecule has 0 aromatic heterocycles. The molecular weight excluding hydrogens is 354 g/mol. The number of hydrogen-bond donors (Lipinski definition) is 3. The number of para-hydroxylation sites is 2. The summed E-state index contributed by atoms with van der Waals surface area (Å²) < 4.78 is 4.93. The average molecular weight is 383 g/mol. The highest BCUT2D eigenvalue weighted by Crippen LogP contribution is 2.24. The summed E-state index contributed by atoms with van der Waals surface area (Å²) in [5.74, 6) is -0.410. The molecule has 2 amide bonds. The minimum atomic E-state index is -0.222. The highest BCUT2D eigenvalue weighted by atomic mass is 16.5. The van der Waals surface area contributed by atoms with Crippen LogP contribution >= 0.6 is 0 Å². The van der Waals surface area contributed by atoms with Crippen molar-refractivity contribution >= 4 is 23.2 Å². The fourth-order valence-corrected chi connectivity index (χ4v) is 2.59. The zero-order valence-corrected chi connectivity index (χ0v) is 17.0. The Morgan fingerprint density at radius 2 is 1.54 bits per heavy atom. The molecule has 6 nitrogen and oxygen atoms in total. The van der Waals surface area contributed by atoms with E-state index in [0.717, 1.165) is 5.56 Å².